The van der Waals surface area contributed by atoms with E-state index in [1.807, 2.05) is 24.9 Å². The van der Waals surface area contributed by atoms with Crippen molar-refractivity contribution >= 4 is 23.3 Å². The zero-order valence-electron chi connectivity index (χ0n) is 13.1. The van der Waals surface area contributed by atoms with E-state index in [1.54, 1.807) is 12.1 Å². The monoisotopic (exact) mass is 332 g/mol. The van der Waals surface area contributed by atoms with Gasteiger partial charge in [-0.3, -0.25) is 19.6 Å². The zero-order chi connectivity index (χ0) is 17.9. The summed E-state index contributed by atoms with van der Waals surface area (Å²) in [5, 5.41) is 2.57. The van der Waals surface area contributed by atoms with E-state index in [9.17, 15) is 19.2 Å². The molecule has 9 heteroatoms. The second-order valence-electron chi connectivity index (χ2n) is 5.12. The van der Waals surface area contributed by atoms with Gasteiger partial charge in [-0.15, -0.1) is 0 Å². The van der Waals surface area contributed by atoms with Crippen LogP contribution in [-0.2, 0) is 9.53 Å². The van der Waals surface area contributed by atoms with E-state index in [1.165, 1.54) is 0 Å². The number of anilines is 2. The maximum absolute atomic E-state index is 11.8. The molecule has 2 rings (SSSR count). The van der Waals surface area contributed by atoms with Gasteiger partial charge < -0.3 is 15.8 Å². The van der Waals surface area contributed by atoms with E-state index in [-0.39, 0.29) is 0 Å². The maximum atomic E-state index is 11.8. The van der Waals surface area contributed by atoms with Crippen molar-refractivity contribution in [1.82, 2.24) is 9.97 Å². The van der Waals surface area contributed by atoms with Crippen molar-refractivity contribution in [3.05, 3.63) is 55.9 Å². The predicted octanol–water partition coefficient (Wildman–Crippen LogP) is 0.0577. The fraction of sp³-hybridized carbons (Fsp3) is 0.200. The summed E-state index contributed by atoms with van der Waals surface area (Å²) >= 11 is 0. The second kappa shape index (κ2) is 6.82. The Balaban J connectivity index is 2.01. The first-order chi connectivity index (χ1) is 11.3. The molecule has 0 fully saturated rings. The molecule has 9 nitrogen and oxygen atoms in total. The number of carbonyl (C=O) groups is 2. The molecular formula is C15H16N4O5. The molecule has 0 aliphatic heterocycles. The first-order valence-electron chi connectivity index (χ1n) is 6.94. The standard InChI is InChI=1S/C15H16N4O5/c1-7-3-4-9(5-8(7)2)17-10(20)6-24-14(22)12-11(16)13(21)19-15(23)18-12/h3-5H,6,16H2,1-2H3,(H,17,20)(H2,18,19,21,23). The molecular weight excluding hydrogens is 316 g/mol. The lowest BCUT2D eigenvalue weighted by atomic mass is 10.1. The van der Waals surface area contributed by atoms with E-state index in [0.717, 1.165) is 11.1 Å². The Labute approximate surface area is 135 Å². The van der Waals surface area contributed by atoms with Crippen molar-refractivity contribution in [2.45, 2.75) is 13.8 Å². The van der Waals surface area contributed by atoms with Crippen molar-refractivity contribution < 1.29 is 14.3 Å². The van der Waals surface area contributed by atoms with Crippen LogP contribution < -0.4 is 22.3 Å². The highest BCUT2D eigenvalue weighted by Crippen LogP contribution is 2.14. The molecule has 24 heavy (non-hydrogen) atoms. The molecule has 0 atom stereocenters. The van der Waals surface area contributed by atoms with E-state index >= 15 is 0 Å². The molecule has 0 aliphatic carbocycles. The Kier molecular flexibility index (Phi) is 4.83. The van der Waals surface area contributed by atoms with Gasteiger partial charge in [-0.25, -0.2) is 9.59 Å². The first kappa shape index (κ1) is 17.0. The number of rotatable bonds is 4. The Morgan fingerprint density at radius 2 is 1.88 bits per heavy atom. The van der Waals surface area contributed by atoms with Crippen LogP contribution in [0.1, 0.15) is 21.6 Å². The molecule has 0 radical (unpaired) electrons. The van der Waals surface area contributed by atoms with Crippen LogP contribution in [0.4, 0.5) is 11.4 Å². The minimum absolute atomic E-state index is 0.492. The Hall–Kier alpha value is -3.36. The molecule has 2 aromatic rings. The number of benzene rings is 1. The van der Waals surface area contributed by atoms with Gasteiger partial charge in [0.05, 0.1) is 0 Å². The Bertz CT molecular complexity index is 913. The molecule has 0 saturated heterocycles. The second-order valence-corrected chi connectivity index (χ2v) is 5.12. The van der Waals surface area contributed by atoms with Crippen LogP contribution >= 0.6 is 0 Å². The number of hydrogen-bond donors (Lipinski definition) is 4. The van der Waals surface area contributed by atoms with E-state index in [0.29, 0.717) is 5.69 Å². The molecule has 1 amide bonds. The minimum atomic E-state index is -1.08. The highest BCUT2D eigenvalue weighted by molar-refractivity contribution is 5.96. The van der Waals surface area contributed by atoms with Gasteiger partial charge >= 0.3 is 11.7 Å². The minimum Gasteiger partial charge on any atom is -0.451 e. The number of hydrogen-bond acceptors (Lipinski definition) is 6. The summed E-state index contributed by atoms with van der Waals surface area (Å²) in [5.74, 6) is -1.65. The third kappa shape index (κ3) is 3.88. The topological polar surface area (TPSA) is 147 Å². The smallest absolute Gasteiger partial charge is 0.357 e. The number of carbonyl (C=O) groups excluding carboxylic acids is 2. The van der Waals surface area contributed by atoms with Crippen LogP contribution in [0.5, 0.6) is 0 Å². The van der Waals surface area contributed by atoms with Gasteiger partial charge in [0.2, 0.25) is 0 Å². The summed E-state index contributed by atoms with van der Waals surface area (Å²) in [6.45, 7) is 3.24. The SMILES string of the molecule is Cc1ccc(NC(=O)COC(=O)c2[nH]c(=O)[nH]c(=O)c2N)cc1C. The molecule has 1 aromatic carbocycles. The fourth-order valence-electron chi connectivity index (χ4n) is 1.88. The summed E-state index contributed by atoms with van der Waals surface area (Å²) in [6.07, 6.45) is 0. The van der Waals surface area contributed by atoms with Crippen LogP contribution in [0.2, 0.25) is 0 Å². The van der Waals surface area contributed by atoms with Gasteiger partial charge in [0.1, 0.15) is 5.69 Å². The third-order valence-electron chi connectivity index (χ3n) is 3.31. The molecule has 0 saturated carbocycles. The predicted molar refractivity (Wildman–Crippen MR) is 86.9 cm³/mol. The largest absolute Gasteiger partial charge is 0.451 e. The number of esters is 1. The van der Waals surface area contributed by atoms with E-state index in [2.05, 4.69) is 10.3 Å². The summed E-state index contributed by atoms with van der Waals surface area (Å²) in [5.41, 5.74) is 5.23. The number of aromatic amines is 2. The molecule has 126 valence electrons. The van der Waals surface area contributed by atoms with E-state index < -0.39 is 41.1 Å². The number of amides is 1. The molecule has 1 heterocycles. The summed E-state index contributed by atoms with van der Waals surface area (Å²) < 4.78 is 4.75. The van der Waals surface area contributed by atoms with Crippen molar-refractivity contribution in [3.8, 4) is 0 Å². The third-order valence-corrected chi connectivity index (χ3v) is 3.31. The molecule has 5 N–H and O–H groups in total. The summed E-state index contributed by atoms with van der Waals surface area (Å²) in [6, 6.07) is 5.34. The molecule has 0 bridgehead atoms. The van der Waals surface area contributed by atoms with Gasteiger partial charge in [0.15, 0.2) is 12.3 Å². The lowest BCUT2D eigenvalue weighted by molar-refractivity contribution is -0.119. The van der Waals surface area contributed by atoms with Gasteiger partial charge in [0.25, 0.3) is 11.5 Å². The maximum Gasteiger partial charge on any atom is 0.357 e. The van der Waals surface area contributed by atoms with Crippen LogP contribution in [0.3, 0.4) is 0 Å². The van der Waals surface area contributed by atoms with Crippen molar-refractivity contribution in [3.63, 3.8) is 0 Å². The van der Waals surface area contributed by atoms with Gasteiger partial charge in [-0.2, -0.15) is 0 Å². The average molecular weight is 332 g/mol. The molecule has 0 spiro atoms. The van der Waals surface area contributed by atoms with Crippen LogP contribution in [-0.4, -0.2) is 28.5 Å². The number of aryl methyl sites for hydroxylation is 2. The molecule has 0 aliphatic rings. The number of aromatic nitrogens is 2. The van der Waals surface area contributed by atoms with Gasteiger partial charge in [-0.05, 0) is 37.1 Å². The van der Waals surface area contributed by atoms with Gasteiger partial charge in [0, 0.05) is 5.69 Å². The van der Waals surface area contributed by atoms with Crippen molar-refractivity contribution in [2.75, 3.05) is 17.7 Å². The Morgan fingerprint density at radius 1 is 1.17 bits per heavy atom. The quantitative estimate of drug-likeness (QED) is 0.582. The first-order valence-corrected chi connectivity index (χ1v) is 6.94. The van der Waals surface area contributed by atoms with Gasteiger partial charge in [-0.1, -0.05) is 6.07 Å². The normalized spacial score (nSPS) is 10.2. The summed E-state index contributed by atoms with van der Waals surface area (Å²) in [7, 11) is 0. The van der Waals surface area contributed by atoms with Crippen LogP contribution in [0, 0.1) is 13.8 Å². The number of nitrogen functional groups attached to an aromatic ring is 1. The average Bonchev–Trinajstić information content (AvgIpc) is 2.52. The number of H-pyrrole nitrogens is 2. The highest BCUT2D eigenvalue weighted by Gasteiger charge is 2.17. The molecule has 0 unspecified atom stereocenters. The molecule has 1 aromatic heterocycles. The number of nitrogens with two attached hydrogens (primary N) is 1. The number of ether oxygens (including phenoxy) is 1. The fourth-order valence-corrected chi connectivity index (χ4v) is 1.88. The lowest BCUT2D eigenvalue weighted by Gasteiger charge is -2.09. The van der Waals surface area contributed by atoms with Crippen LogP contribution in [0.25, 0.3) is 0 Å². The summed E-state index contributed by atoms with van der Waals surface area (Å²) in [4.78, 5) is 50.0. The highest BCUT2D eigenvalue weighted by atomic mass is 16.5. The lowest BCUT2D eigenvalue weighted by Crippen LogP contribution is -2.30. The van der Waals surface area contributed by atoms with Crippen LogP contribution in [0.15, 0.2) is 27.8 Å². The zero-order valence-corrected chi connectivity index (χ0v) is 13.1. The van der Waals surface area contributed by atoms with Crippen molar-refractivity contribution in [2.24, 2.45) is 0 Å². The Morgan fingerprint density at radius 3 is 2.54 bits per heavy atom. The van der Waals surface area contributed by atoms with E-state index in [4.69, 9.17) is 10.5 Å². The number of nitrogens with one attached hydrogen (secondary N) is 3. The van der Waals surface area contributed by atoms with Crippen molar-refractivity contribution in [1.29, 1.82) is 0 Å².